The van der Waals surface area contributed by atoms with Gasteiger partial charge in [0.1, 0.15) is 11.4 Å². The van der Waals surface area contributed by atoms with Crippen LogP contribution in [0.2, 0.25) is 0 Å². The zero-order valence-corrected chi connectivity index (χ0v) is 15.5. The summed E-state index contributed by atoms with van der Waals surface area (Å²) in [5.74, 6) is 0.0125. The Morgan fingerprint density at radius 3 is 2.87 bits per heavy atom. The molecule has 1 saturated heterocycles. The number of halogens is 2. The van der Waals surface area contributed by atoms with Gasteiger partial charge in [-0.2, -0.15) is 0 Å². The van der Waals surface area contributed by atoms with Crippen LogP contribution in [0.4, 0.5) is 14.9 Å². The van der Waals surface area contributed by atoms with Crippen molar-refractivity contribution in [2.75, 3.05) is 25.0 Å². The molecule has 1 aromatic carbocycles. The summed E-state index contributed by atoms with van der Waals surface area (Å²) < 4.78 is 20.0. The van der Waals surface area contributed by atoms with Crippen molar-refractivity contribution < 1.29 is 13.9 Å². The SMILES string of the molecule is CC(C)(C)OC(=O)N1CCCC(CNc2ccc(Br)cc2F)C1. The number of ether oxygens (including phenoxy) is 1. The van der Waals surface area contributed by atoms with Gasteiger partial charge in [0.25, 0.3) is 0 Å². The fourth-order valence-electron chi connectivity index (χ4n) is 2.61. The first-order valence-corrected chi connectivity index (χ1v) is 8.71. The fraction of sp³-hybridized carbons (Fsp3) is 0.588. The Hall–Kier alpha value is -1.30. The molecule has 0 bridgehead atoms. The highest BCUT2D eigenvalue weighted by molar-refractivity contribution is 9.10. The average molecular weight is 387 g/mol. The third-order valence-electron chi connectivity index (χ3n) is 3.68. The topological polar surface area (TPSA) is 41.6 Å². The van der Waals surface area contributed by atoms with Crippen LogP contribution in [0.3, 0.4) is 0 Å². The van der Waals surface area contributed by atoms with E-state index in [1.54, 1.807) is 17.0 Å². The number of nitrogens with zero attached hydrogens (tertiary/aromatic N) is 1. The minimum absolute atomic E-state index is 0.267. The van der Waals surface area contributed by atoms with Crippen LogP contribution in [0.15, 0.2) is 22.7 Å². The molecule has 0 aromatic heterocycles. The molecule has 0 saturated carbocycles. The van der Waals surface area contributed by atoms with E-state index in [1.807, 2.05) is 20.8 Å². The van der Waals surface area contributed by atoms with Crippen LogP contribution < -0.4 is 5.32 Å². The number of benzene rings is 1. The summed E-state index contributed by atoms with van der Waals surface area (Å²) in [6.07, 6.45) is 1.69. The van der Waals surface area contributed by atoms with Gasteiger partial charge in [-0.25, -0.2) is 9.18 Å². The number of rotatable bonds is 3. The van der Waals surface area contributed by atoms with Crippen molar-refractivity contribution in [2.45, 2.75) is 39.2 Å². The van der Waals surface area contributed by atoms with E-state index in [2.05, 4.69) is 21.2 Å². The number of nitrogens with one attached hydrogen (secondary N) is 1. The van der Waals surface area contributed by atoms with Gasteiger partial charge in [0.15, 0.2) is 0 Å². The van der Waals surface area contributed by atoms with Gasteiger partial charge in [0.2, 0.25) is 0 Å². The molecule has 1 aromatic rings. The van der Waals surface area contributed by atoms with Gasteiger partial charge in [0.05, 0.1) is 5.69 Å². The van der Waals surface area contributed by atoms with Crippen LogP contribution in [0, 0.1) is 11.7 Å². The second-order valence-corrected chi connectivity index (χ2v) is 7.86. The van der Waals surface area contributed by atoms with Crippen LogP contribution in [-0.4, -0.2) is 36.2 Å². The number of likely N-dealkylation sites (tertiary alicyclic amines) is 1. The number of hydrogen-bond donors (Lipinski definition) is 1. The van der Waals surface area contributed by atoms with E-state index in [4.69, 9.17) is 4.74 Å². The Morgan fingerprint density at radius 2 is 2.22 bits per heavy atom. The molecule has 1 N–H and O–H groups in total. The van der Waals surface area contributed by atoms with Gasteiger partial charge in [-0.1, -0.05) is 15.9 Å². The number of amides is 1. The highest BCUT2D eigenvalue weighted by Crippen LogP contribution is 2.22. The van der Waals surface area contributed by atoms with E-state index < -0.39 is 5.60 Å². The average Bonchev–Trinajstić information content (AvgIpc) is 2.45. The minimum Gasteiger partial charge on any atom is -0.444 e. The summed E-state index contributed by atoms with van der Waals surface area (Å²) in [7, 11) is 0. The van der Waals surface area contributed by atoms with E-state index in [1.165, 1.54) is 6.07 Å². The maximum absolute atomic E-state index is 13.8. The Morgan fingerprint density at radius 1 is 1.48 bits per heavy atom. The van der Waals surface area contributed by atoms with Gasteiger partial charge in [0, 0.05) is 24.1 Å². The van der Waals surface area contributed by atoms with Crippen molar-refractivity contribution in [3.63, 3.8) is 0 Å². The Labute approximate surface area is 145 Å². The van der Waals surface area contributed by atoms with Gasteiger partial charge in [-0.05, 0) is 57.7 Å². The smallest absolute Gasteiger partial charge is 0.410 e. The van der Waals surface area contributed by atoms with Crippen LogP contribution in [-0.2, 0) is 4.74 Å². The largest absolute Gasteiger partial charge is 0.444 e. The highest BCUT2D eigenvalue weighted by atomic mass is 79.9. The lowest BCUT2D eigenvalue weighted by molar-refractivity contribution is 0.0172. The molecule has 128 valence electrons. The lowest BCUT2D eigenvalue weighted by Gasteiger charge is -2.34. The lowest BCUT2D eigenvalue weighted by Crippen LogP contribution is -2.44. The van der Waals surface area contributed by atoms with E-state index >= 15 is 0 Å². The van der Waals surface area contributed by atoms with E-state index in [-0.39, 0.29) is 11.9 Å². The van der Waals surface area contributed by atoms with Crippen molar-refractivity contribution >= 4 is 27.7 Å². The molecule has 4 nitrogen and oxygen atoms in total. The van der Waals surface area contributed by atoms with E-state index in [0.717, 1.165) is 19.4 Å². The predicted molar refractivity (Wildman–Crippen MR) is 93.1 cm³/mol. The second-order valence-electron chi connectivity index (χ2n) is 6.94. The van der Waals surface area contributed by atoms with Crippen molar-refractivity contribution in [3.05, 3.63) is 28.5 Å². The summed E-state index contributed by atoms with van der Waals surface area (Å²) >= 11 is 3.25. The molecule has 0 spiro atoms. The number of hydrogen-bond acceptors (Lipinski definition) is 3. The Bertz CT molecular complexity index is 560. The van der Waals surface area contributed by atoms with Crippen LogP contribution in [0.1, 0.15) is 33.6 Å². The molecular formula is C17H24BrFN2O2. The molecule has 2 rings (SSSR count). The molecule has 0 aliphatic carbocycles. The van der Waals surface area contributed by atoms with Gasteiger partial charge < -0.3 is 15.0 Å². The van der Waals surface area contributed by atoms with Crippen molar-refractivity contribution in [1.82, 2.24) is 4.90 Å². The molecule has 1 atom stereocenters. The standard InChI is InChI=1S/C17H24BrFN2O2/c1-17(2,3)23-16(22)21-8-4-5-12(11-21)10-20-15-7-6-13(18)9-14(15)19/h6-7,9,12,20H,4-5,8,10-11H2,1-3H3. The Kier molecular flexibility index (Phi) is 5.89. The highest BCUT2D eigenvalue weighted by Gasteiger charge is 2.27. The second kappa shape index (κ2) is 7.51. The van der Waals surface area contributed by atoms with E-state index in [0.29, 0.717) is 29.2 Å². The molecule has 1 aliphatic heterocycles. The number of carbonyl (C=O) groups is 1. The maximum atomic E-state index is 13.8. The maximum Gasteiger partial charge on any atom is 0.410 e. The van der Waals surface area contributed by atoms with Gasteiger partial charge in [-0.3, -0.25) is 0 Å². The van der Waals surface area contributed by atoms with Crippen molar-refractivity contribution in [3.8, 4) is 0 Å². The first-order valence-electron chi connectivity index (χ1n) is 7.91. The minimum atomic E-state index is -0.483. The zero-order valence-electron chi connectivity index (χ0n) is 13.9. The quantitative estimate of drug-likeness (QED) is 0.821. The molecule has 0 radical (unpaired) electrons. The lowest BCUT2D eigenvalue weighted by atomic mass is 9.98. The van der Waals surface area contributed by atoms with Crippen LogP contribution in [0.25, 0.3) is 0 Å². The molecule has 6 heteroatoms. The van der Waals surface area contributed by atoms with Gasteiger partial charge in [-0.15, -0.1) is 0 Å². The molecule has 1 aliphatic rings. The number of carbonyl (C=O) groups excluding carboxylic acids is 1. The zero-order chi connectivity index (χ0) is 17.0. The summed E-state index contributed by atoms with van der Waals surface area (Å²) in [6, 6.07) is 4.96. The first-order chi connectivity index (χ1) is 10.7. The summed E-state index contributed by atoms with van der Waals surface area (Å²) in [5.41, 5.74) is 0.00521. The summed E-state index contributed by atoms with van der Waals surface area (Å²) in [5, 5.41) is 3.14. The van der Waals surface area contributed by atoms with Crippen LogP contribution in [0.5, 0.6) is 0 Å². The summed E-state index contributed by atoms with van der Waals surface area (Å²) in [4.78, 5) is 13.9. The molecule has 1 unspecified atom stereocenters. The van der Waals surface area contributed by atoms with Crippen molar-refractivity contribution in [1.29, 1.82) is 0 Å². The third-order valence-corrected chi connectivity index (χ3v) is 4.18. The van der Waals surface area contributed by atoms with E-state index in [9.17, 15) is 9.18 Å². The molecule has 23 heavy (non-hydrogen) atoms. The number of piperidine rings is 1. The fourth-order valence-corrected chi connectivity index (χ4v) is 2.94. The predicted octanol–water partition coefficient (Wildman–Crippen LogP) is 4.65. The summed E-state index contributed by atoms with van der Waals surface area (Å²) in [6.45, 7) is 7.59. The van der Waals surface area contributed by atoms with Crippen molar-refractivity contribution in [2.24, 2.45) is 5.92 Å². The monoisotopic (exact) mass is 386 g/mol. The Balaban J connectivity index is 1.87. The number of anilines is 1. The van der Waals surface area contributed by atoms with Crippen LogP contribution >= 0.6 is 15.9 Å². The molecular weight excluding hydrogens is 363 g/mol. The normalized spacial score (nSPS) is 18.7. The molecule has 1 fully saturated rings. The van der Waals surface area contributed by atoms with Gasteiger partial charge >= 0.3 is 6.09 Å². The third kappa shape index (κ3) is 5.68. The first kappa shape index (κ1) is 18.0. The molecule has 1 heterocycles. The molecule has 1 amide bonds.